The zero-order valence-electron chi connectivity index (χ0n) is 48.2. The van der Waals surface area contributed by atoms with E-state index >= 15 is 0 Å². The van der Waals surface area contributed by atoms with Gasteiger partial charge >= 0.3 is 17.1 Å². The molecular formula is C56H76CuN18O12. The van der Waals surface area contributed by atoms with Crippen molar-refractivity contribution < 1.29 is 75.2 Å². The summed E-state index contributed by atoms with van der Waals surface area (Å²) in [6.07, 6.45) is 12.3. The van der Waals surface area contributed by atoms with Gasteiger partial charge in [0.2, 0.25) is 47.3 Å². The first kappa shape index (κ1) is 70.5. The number of imidazole rings is 2. The molecule has 30 nitrogen and oxygen atoms in total. The van der Waals surface area contributed by atoms with E-state index in [4.69, 9.17) is 22.9 Å². The number of aryl methyl sites for hydroxylation is 2. The second-order valence-electron chi connectivity index (χ2n) is 20.2. The van der Waals surface area contributed by atoms with E-state index in [-0.39, 0.29) is 68.7 Å². The van der Waals surface area contributed by atoms with E-state index in [1.165, 1.54) is 0 Å². The van der Waals surface area contributed by atoms with Crippen LogP contribution in [0.4, 0.5) is 0 Å². The van der Waals surface area contributed by atoms with Crippen LogP contribution in [0.3, 0.4) is 0 Å². The average molecular weight is 1260 g/mol. The molecule has 0 aliphatic heterocycles. The molecule has 1 radical (unpaired) electrons. The number of rotatable bonds is 34. The summed E-state index contributed by atoms with van der Waals surface area (Å²) in [7, 11) is 3.48. The zero-order chi connectivity index (χ0) is 62.7. The van der Waals surface area contributed by atoms with Gasteiger partial charge in [-0.3, -0.25) is 38.4 Å². The second kappa shape index (κ2) is 36.1. The molecule has 4 aromatic heterocycles. The summed E-state index contributed by atoms with van der Waals surface area (Å²) in [5.41, 5.74) is 26.3. The number of H-pyrrole nitrogens is 2. The molecular weight excluding hydrogens is 1180 g/mol. The van der Waals surface area contributed by atoms with Crippen molar-refractivity contribution in [3.63, 3.8) is 0 Å². The van der Waals surface area contributed by atoms with Gasteiger partial charge in [0.05, 0.1) is 62.9 Å². The van der Waals surface area contributed by atoms with E-state index in [0.717, 1.165) is 21.8 Å². The Kier molecular flexibility index (Phi) is 29.2. The number of nitrogens with two attached hydrogens (primary N) is 4. The van der Waals surface area contributed by atoms with Crippen LogP contribution >= 0.6 is 0 Å². The Morgan fingerprint density at radius 2 is 0.851 bits per heavy atom. The van der Waals surface area contributed by atoms with E-state index in [1.54, 1.807) is 60.7 Å². The number of amides is 8. The van der Waals surface area contributed by atoms with Crippen molar-refractivity contribution in [2.24, 2.45) is 37.0 Å². The summed E-state index contributed by atoms with van der Waals surface area (Å²) >= 11 is 0. The van der Waals surface area contributed by atoms with Crippen LogP contribution in [0, 0.1) is 0 Å². The van der Waals surface area contributed by atoms with E-state index in [0.29, 0.717) is 61.3 Å². The Bertz CT molecular complexity index is 3060. The first-order valence-electron chi connectivity index (χ1n) is 27.8. The number of carbonyl (C=O) groups excluding carboxylic acids is 10. The van der Waals surface area contributed by atoms with Crippen LogP contribution in [-0.2, 0) is 105 Å². The monoisotopic (exact) mass is 1260 g/mol. The van der Waals surface area contributed by atoms with Gasteiger partial charge in [0.1, 0.15) is 24.2 Å². The Morgan fingerprint density at radius 3 is 1.18 bits per heavy atom. The fraction of sp³-hybridized carbons (Fsp3) is 0.429. The number of carboxylic acids is 2. The summed E-state index contributed by atoms with van der Waals surface area (Å²) < 4.78 is 3.38. The van der Waals surface area contributed by atoms with Gasteiger partial charge in [0.25, 0.3) is 0 Å². The summed E-state index contributed by atoms with van der Waals surface area (Å²) in [6.45, 7) is -0.997. The number of fused-ring (bicyclic) bond motifs is 2. The molecule has 8 amide bonds. The van der Waals surface area contributed by atoms with Gasteiger partial charge in [0, 0.05) is 97.8 Å². The zero-order valence-corrected chi connectivity index (χ0v) is 49.1. The van der Waals surface area contributed by atoms with Gasteiger partial charge in [-0.2, -0.15) is 0 Å². The van der Waals surface area contributed by atoms with Gasteiger partial charge in [-0.25, -0.2) is 9.97 Å². The average Bonchev–Trinajstić information content (AvgIpc) is 2.96. The number of aliphatic carboxylic acids is 2. The first-order chi connectivity index (χ1) is 41.2. The number of aromatic nitrogens is 6. The van der Waals surface area contributed by atoms with Crippen LogP contribution in [0.5, 0.6) is 0 Å². The van der Waals surface area contributed by atoms with E-state index in [1.807, 2.05) is 48.5 Å². The number of unbranched alkanes of at least 4 members (excludes halogenated alkanes) is 2. The minimum Gasteiger partial charge on any atom is -0.548 e. The van der Waals surface area contributed by atoms with Crippen molar-refractivity contribution in [3.05, 3.63) is 108 Å². The first-order valence-corrected chi connectivity index (χ1v) is 27.8. The van der Waals surface area contributed by atoms with Crippen LogP contribution in [-0.4, -0.2) is 164 Å². The van der Waals surface area contributed by atoms with E-state index in [9.17, 15) is 58.2 Å². The van der Waals surface area contributed by atoms with E-state index in [2.05, 4.69) is 62.5 Å². The minimum atomic E-state index is -1.48. The third kappa shape index (κ3) is 22.4. The molecule has 6 atom stereocenters. The normalized spacial score (nSPS) is 12.9. The van der Waals surface area contributed by atoms with Gasteiger partial charge < -0.3 is 104 Å². The molecule has 0 bridgehead atoms. The topological polar surface area (TPSA) is 484 Å². The summed E-state index contributed by atoms with van der Waals surface area (Å²) in [6, 6.07) is 7.76. The molecule has 2 aromatic carbocycles. The maximum Gasteiger partial charge on any atom is 2.00 e. The molecule has 0 unspecified atom stereocenters. The van der Waals surface area contributed by atoms with Gasteiger partial charge in [-0.15, -0.1) is 0 Å². The smallest absolute Gasteiger partial charge is 0.548 e. The number of nitrogens with zero attached hydrogens (tertiary/aromatic N) is 4. The number of benzene rings is 2. The minimum absolute atomic E-state index is 0. The van der Waals surface area contributed by atoms with Gasteiger partial charge in [-0.1, -0.05) is 36.4 Å². The molecule has 4 heterocycles. The Labute approximate surface area is 511 Å². The maximum atomic E-state index is 13.2. The molecule has 18 N–H and O–H groups in total. The molecule has 0 spiro atoms. The van der Waals surface area contributed by atoms with E-state index < -0.39 is 109 Å². The fourth-order valence-corrected chi connectivity index (χ4v) is 9.07. The Hall–Kier alpha value is -9.00. The van der Waals surface area contributed by atoms with Crippen LogP contribution in [0.15, 0.2) is 86.0 Å². The quantitative estimate of drug-likeness (QED) is 0.0132. The maximum absolute atomic E-state index is 13.2. The van der Waals surface area contributed by atoms with Crippen molar-refractivity contribution in [2.45, 2.75) is 100 Å². The Morgan fingerprint density at radius 1 is 0.483 bits per heavy atom. The molecule has 0 aliphatic rings. The van der Waals surface area contributed by atoms with Crippen molar-refractivity contribution >= 4 is 81.0 Å². The Balaban J connectivity index is 0.000000368. The third-order valence-electron chi connectivity index (χ3n) is 13.8. The molecule has 0 saturated carbocycles. The van der Waals surface area contributed by atoms with Crippen LogP contribution in [0.25, 0.3) is 21.8 Å². The number of para-hydroxylation sites is 2. The van der Waals surface area contributed by atoms with Crippen molar-refractivity contribution in [1.29, 1.82) is 0 Å². The molecule has 31 heteroatoms. The van der Waals surface area contributed by atoms with Crippen molar-refractivity contribution in [2.75, 3.05) is 39.3 Å². The third-order valence-corrected chi connectivity index (χ3v) is 13.8. The van der Waals surface area contributed by atoms with Crippen LogP contribution < -0.4 is 75.7 Å². The predicted molar refractivity (Wildman–Crippen MR) is 309 cm³/mol. The molecule has 6 rings (SSSR count). The molecule has 0 aliphatic carbocycles. The number of hydrogen-bond acceptors (Lipinski definition) is 18. The summed E-state index contributed by atoms with van der Waals surface area (Å²) in [5, 5.41) is 45.3. The van der Waals surface area contributed by atoms with Crippen molar-refractivity contribution in [1.82, 2.24) is 71.6 Å². The SMILES string of the molecule is Cn1cncc1C[C@H](NC(=O)CN)C(=O)N[C@@H](CCCCN)C(=O)NCC(=O)N[C@@H](Cc1c[nH]c2ccccc12)C(=O)[O-].Cn1cncc1C[C@H](NC(=O)CN)C(=O)N[C@@H](CCCCN)C(=O)NCC(=O)N[C@@H](Cc1c[nH]c2ccccc12)C(=O)[O-].[Cu+2]. The predicted octanol–water partition coefficient (Wildman–Crippen LogP) is -5.81. The summed E-state index contributed by atoms with van der Waals surface area (Å²) in [5.74, 6) is -8.15. The summed E-state index contributed by atoms with van der Waals surface area (Å²) in [4.78, 5) is 140. The van der Waals surface area contributed by atoms with Crippen LogP contribution in [0.1, 0.15) is 61.0 Å². The number of hydrogen-bond donors (Lipinski definition) is 14. The van der Waals surface area contributed by atoms with Gasteiger partial charge in [-0.05, 0) is 74.9 Å². The standard InChI is InChI=1S/2C28H39N9O6.Cu/c2*1-37-16-31-14-18(37)11-22(34-24(38)12-30)27(41)36-21(8-4-5-9-29)26(40)33-15-25(39)35-23(28(42)43)10-17-13-32-20-7-3-2-6-19(17)20;/h2*2-3,6-7,13-14,16,21-23,32H,4-5,8-12,15,29-30H2,1H3,(H,33,40)(H,34,38)(H,35,39)(H,36,41)(H,42,43);/q;;+2/p-2/t2*21-,22-,23-;/m00./s1. The number of aromatic amines is 2. The van der Waals surface area contributed by atoms with Crippen molar-refractivity contribution in [3.8, 4) is 0 Å². The number of carboxylic acid groups (broad SMARTS) is 2. The molecule has 0 saturated heterocycles. The number of nitrogens with one attached hydrogen (secondary N) is 10. The largest absolute Gasteiger partial charge is 2.00 e. The van der Waals surface area contributed by atoms with Gasteiger partial charge in [0.15, 0.2) is 0 Å². The molecule has 87 heavy (non-hydrogen) atoms. The molecule has 0 fully saturated rings. The molecule has 473 valence electrons. The van der Waals surface area contributed by atoms with Crippen LogP contribution in [0.2, 0.25) is 0 Å². The fourth-order valence-electron chi connectivity index (χ4n) is 9.07. The second-order valence-corrected chi connectivity index (χ2v) is 20.2. The number of carbonyl (C=O) groups is 10. The molecule has 6 aromatic rings.